The SMILES string of the molecule is COC(=O)N1CC[C@H](c2nc3c4n2CCOC=4C2CC2C=3F)C1. The highest BCUT2D eigenvalue weighted by atomic mass is 19.1. The number of carbonyl (C=O) groups excluding carboxylic acids is 1. The number of methoxy groups -OCH3 is 1. The van der Waals surface area contributed by atoms with E-state index < -0.39 is 0 Å². The maximum absolute atomic E-state index is 14.6. The molecule has 1 aromatic heterocycles. The van der Waals surface area contributed by atoms with Gasteiger partial charge in [0.05, 0.1) is 13.7 Å². The van der Waals surface area contributed by atoms with E-state index in [4.69, 9.17) is 9.47 Å². The van der Waals surface area contributed by atoms with Gasteiger partial charge in [-0.05, 0) is 12.8 Å². The molecular formula is C16H18FN3O3. The molecule has 6 nitrogen and oxygen atoms in total. The topological polar surface area (TPSA) is 56.6 Å². The number of nitrogens with zero attached hydrogens (tertiary/aromatic N) is 3. The highest BCUT2D eigenvalue weighted by Crippen LogP contribution is 2.51. The lowest BCUT2D eigenvalue weighted by atomic mass is 10.1. The third-order valence-electron chi connectivity index (χ3n) is 5.47. The van der Waals surface area contributed by atoms with Gasteiger partial charge in [0.25, 0.3) is 0 Å². The van der Waals surface area contributed by atoms with E-state index in [1.54, 1.807) is 4.90 Å². The van der Waals surface area contributed by atoms with Crippen LogP contribution in [0.15, 0.2) is 0 Å². The molecule has 23 heavy (non-hydrogen) atoms. The molecule has 1 amide bonds. The lowest BCUT2D eigenvalue weighted by Gasteiger charge is -2.21. The van der Waals surface area contributed by atoms with Gasteiger partial charge in [-0.25, -0.2) is 14.2 Å². The van der Waals surface area contributed by atoms with Crippen LogP contribution in [0.1, 0.15) is 24.6 Å². The fourth-order valence-corrected chi connectivity index (χ4v) is 4.23. The summed E-state index contributed by atoms with van der Waals surface area (Å²) in [6.07, 6.45) is 1.36. The molecule has 122 valence electrons. The smallest absolute Gasteiger partial charge is 0.409 e. The van der Waals surface area contributed by atoms with Crippen molar-refractivity contribution in [2.45, 2.75) is 25.3 Å². The first-order valence-electron chi connectivity index (χ1n) is 8.15. The summed E-state index contributed by atoms with van der Waals surface area (Å²) in [6, 6.07) is 0. The Kier molecular flexibility index (Phi) is 2.61. The van der Waals surface area contributed by atoms with Crippen LogP contribution >= 0.6 is 0 Å². The number of likely N-dealkylation sites (tertiary alicyclic amines) is 1. The Hall–Kier alpha value is -2.05. The number of hydrogen-bond acceptors (Lipinski definition) is 4. The van der Waals surface area contributed by atoms with E-state index in [2.05, 4.69) is 9.55 Å². The van der Waals surface area contributed by atoms with Crippen molar-refractivity contribution in [1.82, 2.24) is 14.5 Å². The zero-order chi connectivity index (χ0) is 15.7. The van der Waals surface area contributed by atoms with Crippen molar-refractivity contribution in [1.29, 1.82) is 0 Å². The molecule has 1 saturated heterocycles. The van der Waals surface area contributed by atoms with Crippen molar-refractivity contribution in [3.63, 3.8) is 0 Å². The first kappa shape index (κ1) is 13.4. The van der Waals surface area contributed by atoms with Crippen molar-refractivity contribution >= 4 is 17.7 Å². The van der Waals surface area contributed by atoms with Gasteiger partial charge in [0.1, 0.15) is 34.7 Å². The van der Waals surface area contributed by atoms with E-state index in [1.807, 2.05) is 0 Å². The molecule has 7 heteroatoms. The monoisotopic (exact) mass is 319 g/mol. The van der Waals surface area contributed by atoms with Crippen molar-refractivity contribution in [2.75, 3.05) is 26.8 Å². The Morgan fingerprint density at radius 3 is 3.09 bits per heavy atom. The lowest BCUT2D eigenvalue weighted by molar-refractivity contribution is 0.132. The Bertz CT molecular complexity index is 830. The third kappa shape index (κ3) is 1.73. The molecule has 3 heterocycles. The van der Waals surface area contributed by atoms with Crippen LogP contribution in [0.2, 0.25) is 0 Å². The van der Waals surface area contributed by atoms with Gasteiger partial charge in [0.2, 0.25) is 0 Å². The summed E-state index contributed by atoms with van der Waals surface area (Å²) in [5.74, 6) is 2.05. The molecule has 1 aromatic rings. The number of halogens is 1. The summed E-state index contributed by atoms with van der Waals surface area (Å²) in [5.41, 5.74) is 0. The Balaban J connectivity index is 1.60. The van der Waals surface area contributed by atoms with E-state index in [1.165, 1.54) is 7.11 Å². The van der Waals surface area contributed by atoms with Crippen molar-refractivity contribution in [3.05, 3.63) is 16.5 Å². The minimum atomic E-state index is -0.308. The zero-order valence-corrected chi connectivity index (χ0v) is 12.9. The molecular weight excluding hydrogens is 301 g/mol. The summed E-state index contributed by atoms with van der Waals surface area (Å²) in [4.78, 5) is 18.0. The van der Waals surface area contributed by atoms with Crippen molar-refractivity contribution < 1.29 is 18.7 Å². The molecule has 0 bridgehead atoms. The van der Waals surface area contributed by atoms with Crippen LogP contribution in [0.5, 0.6) is 0 Å². The molecule has 0 aromatic carbocycles. The predicted octanol–water partition coefficient (Wildman–Crippen LogP) is 0.305. The average Bonchev–Trinajstić information content (AvgIpc) is 3.06. The second-order valence-electron chi connectivity index (χ2n) is 6.73. The van der Waals surface area contributed by atoms with Gasteiger partial charge >= 0.3 is 6.09 Å². The van der Waals surface area contributed by atoms with E-state index in [0.717, 1.165) is 29.8 Å². The fraction of sp³-hybridized carbons (Fsp3) is 0.625. The Morgan fingerprint density at radius 2 is 2.26 bits per heavy atom. The number of ether oxygens (including phenoxy) is 2. The predicted molar refractivity (Wildman–Crippen MR) is 78.3 cm³/mol. The van der Waals surface area contributed by atoms with Gasteiger partial charge in [-0.15, -0.1) is 0 Å². The average molecular weight is 319 g/mol. The van der Waals surface area contributed by atoms with Crippen LogP contribution in [0.4, 0.5) is 9.18 Å². The van der Waals surface area contributed by atoms with Crippen molar-refractivity contribution in [2.24, 2.45) is 11.8 Å². The van der Waals surface area contributed by atoms with Gasteiger partial charge in [-0.3, -0.25) is 0 Å². The van der Waals surface area contributed by atoms with Gasteiger partial charge < -0.3 is 18.9 Å². The highest BCUT2D eigenvalue weighted by Gasteiger charge is 2.50. The van der Waals surface area contributed by atoms with Crippen LogP contribution in [0.25, 0.3) is 11.6 Å². The minimum absolute atomic E-state index is 0.0260. The molecule has 0 radical (unpaired) electrons. The molecule has 2 fully saturated rings. The molecule has 3 atom stereocenters. The molecule has 2 unspecified atom stereocenters. The fourth-order valence-electron chi connectivity index (χ4n) is 4.23. The maximum Gasteiger partial charge on any atom is 0.409 e. The summed E-state index contributed by atoms with van der Waals surface area (Å²) < 4.78 is 27.3. The first-order valence-corrected chi connectivity index (χ1v) is 8.15. The maximum atomic E-state index is 14.6. The van der Waals surface area contributed by atoms with Crippen LogP contribution < -0.4 is 10.7 Å². The number of rotatable bonds is 1. The number of fused-ring (bicyclic) bond motifs is 2. The molecule has 2 aliphatic carbocycles. The quantitative estimate of drug-likeness (QED) is 0.747. The summed E-state index contributed by atoms with van der Waals surface area (Å²) in [7, 11) is 1.39. The second kappa shape index (κ2) is 4.49. The molecule has 0 spiro atoms. The van der Waals surface area contributed by atoms with Gasteiger partial charge in [-0.1, -0.05) is 0 Å². The lowest BCUT2D eigenvalue weighted by Crippen LogP contribution is -2.41. The number of aromatic nitrogens is 2. The number of amides is 1. The summed E-state index contributed by atoms with van der Waals surface area (Å²) in [5, 5.41) is 1.32. The normalized spacial score (nSPS) is 30.7. The highest BCUT2D eigenvalue weighted by molar-refractivity contribution is 5.68. The summed E-state index contributed by atoms with van der Waals surface area (Å²) in [6.45, 7) is 2.54. The van der Waals surface area contributed by atoms with Crippen LogP contribution in [-0.2, 0) is 16.0 Å². The van der Waals surface area contributed by atoms with Gasteiger partial charge in [0, 0.05) is 30.8 Å². The number of hydrogen-bond donors (Lipinski definition) is 0. The molecule has 2 aliphatic heterocycles. The van der Waals surface area contributed by atoms with E-state index in [9.17, 15) is 9.18 Å². The minimum Gasteiger partial charge on any atom is -0.493 e. The van der Waals surface area contributed by atoms with Crippen LogP contribution in [0.3, 0.4) is 0 Å². The second-order valence-corrected chi connectivity index (χ2v) is 6.73. The Labute approximate surface area is 132 Å². The van der Waals surface area contributed by atoms with Crippen molar-refractivity contribution in [3.8, 4) is 0 Å². The standard InChI is InChI=1S/C16H18FN3O3/c1-22-16(21)19-3-2-8(7-19)15-18-12-11(17)9-6-10(9)14-13(12)20(15)4-5-23-14/h8-10H,2-7H2,1H3/t8-,9?,10?/m0/s1. The first-order chi connectivity index (χ1) is 11.2. The Morgan fingerprint density at radius 1 is 1.39 bits per heavy atom. The largest absolute Gasteiger partial charge is 0.493 e. The van der Waals surface area contributed by atoms with Gasteiger partial charge in [-0.2, -0.15) is 0 Å². The summed E-state index contributed by atoms with van der Waals surface area (Å²) >= 11 is 0. The van der Waals surface area contributed by atoms with E-state index in [-0.39, 0.29) is 29.7 Å². The van der Waals surface area contributed by atoms with E-state index >= 15 is 0 Å². The number of imidazole rings is 1. The number of carbonyl (C=O) groups is 1. The molecule has 1 saturated carbocycles. The van der Waals surface area contributed by atoms with Crippen LogP contribution in [-0.4, -0.2) is 47.4 Å². The van der Waals surface area contributed by atoms with Gasteiger partial charge in [0.15, 0.2) is 0 Å². The molecule has 4 aliphatic rings. The molecule has 0 N–H and O–H groups in total. The molecule has 5 rings (SSSR count). The van der Waals surface area contributed by atoms with Crippen LogP contribution in [0, 0.1) is 11.8 Å². The van der Waals surface area contributed by atoms with E-state index in [0.29, 0.717) is 31.6 Å². The third-order valence-corrected chi connectivity index (χ3v) is 5.47. The zero-order valence-electron chi connectivity index (χ0n) is 12.9.